The van der Waals surface area contributed by atoms with E-state index in [9.17, 15) is 0 Å². The summed E-state index contributed by atoms with van der Waals surface area (Å²) in [6.45, 7) is 8.81. The van der Waals surface area contributed by atoms with E-state index in [4.69, 9.17) is 0 Å². The summed E-state index contributed by atoms with van der Waals surface area (Å²) in [6.07, 6.45) is 3.65. The van der Waals surface area contributed by atoms with Crippen LogP contribution in [0.1, 0.15) is 37.3 Å². The summed E-state index contributed by atoms with van der Waals surface area (Å²) in [4.78, 5) is 6.91. The van der Waals surface area contributed by atoms with Crippen LogP contribution in [0.3, 0.4) is 0 Å². The summed E-state index contributed by atoms with van der Waals surface area (Å²) in [6, 6.07) is 9.13. The van der Waals surface area contributed by atoms with Gasteiger partial charge in [0.15, 0.2) is 5.96 Å². The van der Waals surface area contributed by atoms with Crippen molar-refractivity contribution >= 4 is 5.96 Å². The van der Waals surface area contributed by atoms with E-state index in [1.54, 1.807) is 0 Å². The van der Waals surface area contributed by atoms with Crippen LogP contribution in [-0.2, 0) is 6.54 Å². The molecule has 0 saturated carbocycles. The molecule has 2 N–H and O–H groups in total. The van der Waals surface area contributed by atoms with E-state index in [1.807, 2.05) is 7.05 Å². The van der Waals surface area contributed by atoms with Crippen molar-refractivity contribution in [3.05, 3.63) is 35.4 Å². The maximum Gasteiger partial charge on any atom is 0.191 e. The van der Waals surface area contributed by atoms with E-state index in [2.05, 4.69) is 58.6 Å². The Morgan fingerprint density at radius 1 is 1.32 bits per heavy atom. The second kappa shape index (κ2) is 8.79. The van der Waals surface area contributed by atoms with Gasteiger partial charge in [0.25, 0.3) is 0 Å². The van der Waals surface area contributed by atoms with Crippen LogP contribution < -0.4 is 10.6 Å². The highest BCUT2D eigenvalue weighted by atomic mass is 15.2. The Kier molecular flexibility index (Phi) is 6.72. The Morgan fingerprint density at radius 2 is 2.09 bits per heavy atom. The number of hydrogen-bond acceptors (Lipinski definition) is 2. The minimum absolute atomic E-state index is 0.539. The zero-order valence-corrected chi connectivity index (χ0v) is 14.2. The average Bonchev–Trinajstić information content (AvgIpc) is 2.53. The van der Waals surface area contributed by atoms with Gasteiger partial charge < -0.3 is 15.5 Å². The van der Waals surface area contributed by atoms with Crippen LogP contribution >= 0.6 is 0 Å². The van der Waals surface area contributed by atoms with Crippen LogP contribution in [0, 0.1) is 6.92 Å². The van der Waals surface area contributed by atoms with Crippen molar-refractivity contribution in [1.29, 1.82) is 0 Å². The van der Waals surface area contributed by atoms with E-state index in [0.29, 0.717) is 6.04 Å². The van der Waals surface area contributed by atoms with Gasteiger partial charge in [-0.05, 0) is 38.3 Å². The SMILES string of the molecule is CCCN1CCC(NC(=NC)NCc2cccc(C)c2)CC1. The fourth-order valence-corrected chi connectivity index (χ4v) is 3.01. The van der Waals surface area contributed by atoms with Crippen molar-refractivity contribution in [2.75, 3.05) is 26.7 Å². The fourth-order valence-electron chi connectivity index (χ4n) is 3.01. The first kappa shape index (κ1) is 16.8. The Balaban J connectivity index is 1.76. The molecule has 0 aromatic heterocycles. The number of aliphatic imine (C=N–C) groups is 1. The molecule has 4 nitrogen and oxygen atoms in total. The lowest BCUT2D eigenvalue weighted by Crippen LogP contribution is -2.48. The van der Waals surface area contributed by atoms with E-state index >= 15 is 0 Å². The molecule has 0 radical (unpaired) electrons. The molecule has 0 spiro atoms. The lowest BCUT2D eigenvalue weighted by Gasteiger charge is -2.32. The van der Waals surface area contributed by atoms with Crippen molar-refractivity contribution in [2.45, 2.75) is 45.7 Å². The second-order valence-electron chi connectivity index (χ2n) is 6.18. The van der Waals surface area contributed by atoms with Gasteiger partial charge in [0.2, 0.25) is 0 Å². The minimum Gasteiger partial charge on any atom is -0.354 e. The fraction of sp³-hybridized carbons (Fsp3) is 0.611. The third-order valence-corrected chi connectivity index (χ3v) is 4.23. The molecule has 0 atom stereocenters. The predicted molar refractivity (Wildman–Crippen MR) is 94.3 cm³/mol. The normalized spacial score (nSPS) is 17.5. The second-order valence-corrected chi connectivity index (χ2v) is 6.18. The molecule has 4 heteroatoms. The number of guanidine groups is 1. The minimum atomic E-state index is 0.539. The van der Waals surface area contributed by atoms with E-state index in [-0.39, 0.29) is 0 Å². The highest BCUT2D eigenvalue weighted by Crippen LogP contribution is 2.10. The van der Waals surface area contributed by atoms with Crippen LogP contribution in [0.5, 0.6) is 0 Å². The Hall–Kier alpha value is -1.55. The van der Waals surface area contributed by atoms with E-state index in [1.165, 1.54) is 50.0 Å². The summed E-state index contributed by atoms with van der Waals surface area (Å²) in [5.41, 5.74) is 2.59. The topological polar surface area (TPSA) is 39.7 Å². The van der Waals surface area contributed by atoms with Crippen LogP contribution in [0.25, 0.3) is 0 Å². The molecule has 1 heterocycles. The number of hydrogen-bond donors (Lipinski definition) is 2. The molecule has 122 valence electrons. The molecule has 1 aliphatic heterocycles. The maximum absolute atomic E-state index is 4.36. The number of nitrogens with one attached hydrogen (secondary N) is 2. The molecule has 1 aromatic carbocycles. The summed E-state index contributed by atoms with van der Waals surface area (Å²) in [5.74, 6) is 0.912. The molecular weight excluding hydrogens is 272 g/mol. The molecule has 1 saturated heterocycles. The Labute approximate surface area is 135 Å². The van der Waals surface area contributed by atoms with Gasteiger partial charge in [-0.25, -0.2) is 0 Å². The molecule has 0 aliphatic carbocycles. The van der Waals surface area contributed by atoms with Gasteiger partial charge in [-0.2, -0.15) is 0 Å². The molecule has 0 amide bonds. The van der Waals surface area contributed by atoms with Gasteiger partial charge in [0.1, 0.15) is 0 Å². The third-order valence-electron chi connectivity index (χ3n) is 4.23. The Morgan fingerprint density at radius 3 is 2.73 bits per heavy atom. The Bertz CT molecular complexity index is 476. The summed E-state index contributed by atoms with van der Waals surface area (Å²) in [5, 5.41) is 6.99. The summed E-state index contributed by atoms with van der Waals surface area (Å²) in [7, 11) is 1.85. The molecule has 1 fully saturated rings. The van der Waals surface area contributed by atoms with Gasteiger partial charge in [-0.3, -0.25) is 4.99 Å². The zero-order valence-electron chi connectivity index (χ0n) is 14.2. The lowest BCUT2D eigenvalue weighted by molar-refractivity contribution is 0.206. The largest absolute Gasteiger partial charge is 0.354 e. The quantitative estimate of drug-likeness (QED) is 0.648. The maximum atomic E-state index is 4.36. The van der Waals surface area contributed by atoms with Gasteiger partial charge in [0, 0.05) is 32.7 Å². The number of rotatable bonds is 5. The molecule has 2 rings (SSSR count). The van der Waals surface area contributed by atoms with Crippen molar-refractivity contribution in [3.63, 3.8) is 0 Å². The van der Waals surface area contributed by atoms with Crippen molar-refractivity contribution in [1.82, 2.24) is 15.5 Å². The molecular formula is C18H30N4. The van der Waals surface area contributed by atoms with Gasteiger partial charge in [0.05, 0.1) is 0 Å². The van der Waals surface area contributed by atoms with Gasteiger partial charge in [-0.1, -0.05) is 36.8 Å². The van der Waals surface area contributed by atoms with Crippen LogP contribution in [-0.4, -0.2) is 43.6 Å². The number of likely N-dealkylation sites (tertiary alicyclic amines) is 1. The lowest BCUT2D eigenvalue weighted by atomic mass is 10.1. The average molecular weight is 302 g/mol. The first-order chi connectivity index (χ1) is 10.7. The zero-order chi connectivity index (χ0) is 15.8. The number of piperidine rings is 1. The summed E-state index contributed by atoms with van der Waals surface area (Å²) >= 11 is 0. The molecule has 1 aromatic rings. The highest BCUT2D eigenvalue weighted by Gasteiger charge is 2.19. The molecule has 22 heavy (non-hydrogen) atoms. The third kappa shape index (κ3) is 5.34. The molecule has 0 bridgehead atoms. The van der Waals surface area contributed by atoms with Crippen molar-refractivity contribution in [2.24, 2.45) is 4.99 Å². The standard InChI is InChI=1S/C18H30N4/c1-4-10-22-11-8-17(9-12-22)21-18(19-3)20-14-16-7-5-6-15(2)13-16/h5-7,13,17H,4,8-12,14H2,1-3H3,(H2,19,20,21). The first-order valence-electron chi connectivity index (χ1n) is 8.46. The van der Waals surface area contributed by atoms with Crippen LogP contribution in [0.2, 0.25) is 0 Å². The van der Waals surface area contributed by atoms with E-state index < -0.39 is 0 Å². The van der Waals surface area contributed by atoms with Crippen molar-refractivity contribution in [3.8, 4) is 0 Å². The van der Waals surface area contributed by atoms with E-state index in [0.717, 1.165) is 12.5 Å². The van der Waals surface area contributed by atoms with Crippen LogP contribution in [0.4, 0.5) is 0 Å². The van der Waals surface area contributed by atoms with Crippen LogP contribution in [0.15, 0.2) is 29.3 Å². The summed E-state index contributed by atoms with van der Waals surface area (Å²) < 4.78 is 0. The number of aryl methyl sites for hydroxylation is 1. The first-order valence-corrected chi connectivity index (χ1v) is 8.46. The highest BCUT2D eigenvalue weighted by molar-refractivity contribution is 5.79. The molecule has 1 aliphatic rings. The predicted octanol–water partition coefficient (Wildman–Crippen LogP) is 2.53. The number of nitrogens with zero attached hydrogens (tertiary/aromatic N) is 2. The number of benzene rings is 1. The monoisotopic (exact) mass is 302 g/mol. The smallest absolute Gasteiger partial charge is 0.191 e. The van der Waals surface area contributed by atoms with Crippen molar-refractivity contribution < 1.29 is 0 Å². The van der Waals surface area contributed by atoms with Gasteiger partial charge >= 0.3 is 0 Å². The van der Waals surface area contributed by atoms with Gasteiger partial charge in [-0.15, -0.1) is 0 Å². The molecule has 0 unspecified atom stereocenters.